The number of thioether (sulfide) groups is 1. The van der Waals surface area contributed by atoms with Crippen LogP contribution in [0.5, 0.6) is 0 Å². The van der Waals surface area contributed by atoms with Gasteiger partial charge in [0.05, 0.1) is 0 Å². The van der Waals surface area contributed by atoms with Crippen molar-refractivity contribution in [3.05, 3.63) is 35.9 Å². The molecule has 1 fully saturated rings. The summed E-state index contributed by atoms with van der Waals surface area (Å²) in [5, 5.41) is 4.65. The second-order valence-electron chi connectivity index (χ2n) is 5.13. The molecule has 1 aliphatic rings. The van der Waals surface area contributed by atoms with Crippen molar-refractivity contribution >= 4 is 11.8 Å². The average molecular weight is 263 g/mol. The maximum Gasteiger partial charge on any atom is 0.00780 e. The van der Waals surface area contributed by atoms with Crippen molar-refractivity contribution in [1.82, 2.24) is 5.32 Å². The molecular formula is C16H25NS. The summed E-state index contributed by atoms with van der Waals surface area (Å²) < 4.78 is 0. The van der Waals surface area contributed by atoms with Crippen LogP contribution in [-0.4, -0.2) is 23.6 Å². The van der Waals surface area contributed by atoms with Crippen LogP contribution in [0.15, 0.2) is 30.3 Å². The molecule has 100 valence electrons. The van der Waals surface area contributed by atoms with Crippen molar-refractivity contribution < 1.29 is 0 Å². The molecule has 0 aromatic heterocycles. The van der Waals surface area contributed by atoms with Crippen LogP contribution >= 0.6 is 11.8 Å². The van der Waals surface area contributed by atoms with Gasteiger partial charge in [-0.15, -0.1) is 0 Å². The van der Waals surface area contributed by atoms with Crippen LogP contribution in [0.3, 0.4) is 0 Å². The van der Waals surface area contributed by atoms with E-state index in [0.717, 1.165) is 11.3 Å². The number of rotatable bonds is 7. The van der Waals surface area contributed by atoms with Gasteiger partial charge >= 0.3 is 0 Å². The maximum absolute atomic E-state index is 3.73. The van der Waals surface area contributed by atoms with Gasteiger partial charge in [0.2, 0.25) is 0 Å². The molecule has 0 heterocycles. The lowest BCUT2D eigenvalue weighted by atomic mass is 10.1. The Morgan fingerprint density at radius 3 is 2.83 bits per heavy atom. The van der Waals surface area contributed by atoms with Gasteiger partial charge in [-0.3, -0.25) is 0 Å². The van der Waals surface area contributed by atoms with E-state index in [1.54, 1.807) is 0 Å². The summed E-state index contributed by atoms with van der Waals surface area (Å²) >= 11 is 2.14. The SMILES string of the molecule is CCSC1CCC(NCCCc2ccccc2)C1. The molecule has 2 unspecified atom stereocenters. The fourth-order valence-corrected chi connectivity index (χ4v) is 3.90. The fourth-order valence-electron chi connectivity index (χ4n) is 2.76. The van der Waals surface area contributed by atoms with Gasteiger partial charge in [0.25, 0.3) is 0 Å². The first kappa shape index (κ1) is 14.0. The lowest BCUT2D eigenvalue weighted by molar-refractivity contribution is 0.516. The molecule has 1 saturated carbocycles. The average Bonchev–Trinajstić information content (AvgIpc) is 2.84. The highest BCUT2D eigenvalue weighted by molar-refractivity contribution is 7.99. The normalized spacial score (nSPS) is 23.4. The molecule has 1 nitrogen and oxygen atoms in total. The van der Waals surface area contributed by atoms with Crippen LogP contribution in [0.1, 0.15) is 38.2 Å². The van der Waals surface area contributed by atoms with E-state index < -0.39 is 0 Å². The highest BCUT2D eigenvalue weighted by Gasteiger charge is 2.23. The van der Waals surface area contributed by atoms with Gasteiger partial charge in [-0.1, -0.05) is 37.3 Å². The molecule has 2 heteroatoms. The van der Waals surface area contributed by atoms with Crippen LogP contribution in [0.4, 0.5) is 0 Å². The molecular weight excluding hydrogens is 238 g/mol. The van der Waals surface area contributed by atoms with Crippen molar-refractivity contribution in [3.8, 4) is 0 Å². The Morgan fingerprint density at radius 1 is 1.22 bits per heavy atom. The lowest BCUT2D eigenvalue weighted by Crippen LogP contribution is -2.27. The Morgan fingerprint density at radius 2 is 2.06 bits per heavy atom. The van der Waals surface area contributed by atoms with Gasteiger partial charge in [-0.25, -0.2) is 0 Å². The minimum Gasteiger partial charge on any atom is -0.314 e. The van der Waals surface area contributed by atoms with E-state index in [1.165, 1.54) is 50.0 Å². The van der Waals surface area contributed by atoms with E-state index in [1.807, 2.05) is 0 Å². The third-order valence-corrected chi connectivity index (χ3v) is 4.94. The highest BCUT2D eigenvalue weighted by Crippen LogP contribution is 2.29. The van der Waals surface area contributed by atoms with Crippen molar-refractivity contribution in [2.75, 3.05) is 12.3 Å². The topological polar surface area (TPSA) is 12.0 Å². The third-order valence-electron chi connectivity index (χ3n) is 3.70. The molecule has 0 bridgehead atoms. The van der Waals surface area contributed by atoms with Crippen LogP contribution in [-0.2, 0) is 6.42 Å². The van der Waals surface area contributed by atoms with Crippen LogP contribution in [0.25, 0.3) is 0 Å². The molecule has 2 rings (SSSR count). The molecule has 0 aliphatic heterocycles. The van der Waals surface area contributed by atoms with Crippen molar-refractivity contribution in [1.29, 1.82) is 0 Å². The second kappa shape index (κ2) is 7.85. The first-order chi connectivity index (χ1) is 8.88. The fraction of sp³-hybridized carbons (Fsp3) is 0.625. The van der Waals surface area contributed by atoms with Crippen molar-refractivity contribution in [2.24, 2.45) is 0 Å². The van der Waals surface area contributed by atoms with E-state index in [9.17, 15) is 0 Å². The van der Waals surface area contributed by atoms with Crippen LogP contribution in [0.2, 0.25) is 0 Å². The maximum atomic E-state index is 3.73. The number of hydrogen-bond acceptors (Lipinski definition) is 2. The molecule has 1 aliphatic carbocycles. The molecule has 1 N–H and O–H groups in total. The number of nitrogens with one attached hydrogen (secondary N) is 1. The highest BCUT2D eigenvalue weighted by atomic mass is 32.2. The summed E-state index contributed by atoms with van der Waals surface area (Å²) in [5.41, 5.74) is 1.46. The monoisotopic (exact) mass is 263 g/mol. The molecule has 0 spiro atoms. The first-order valence-electron chi connectivity index (χ1n) is 7.27. The Bertz CT molecular complexity index is 325. The van der Waals surface area contributed by atoms with E-state index in [2.05, 4.69) is 54.3 Å². The summed E-state index contributed by atoms with van der Waals surface area (Å²) in [4.78, 5) is 0. The number of hydrogen-bond donors (Lipinski definition) is 1. The summed E-state index contributed by atoms with van der Waals surface area (Å²) in [7, 11) is 0. The number of aryl methyl sites for hydroxylation is 1. The molecule has 0 amide bonds. The summed E-state index contributed by atoms with van der Waals surface area (Å²) in [6.07, 6.45) is 6.63. The molecule has 0 radical (unpaired) electrons. The predicted octanol–water partition coefficient (Wildman–Crippen LogP) is 3.88. The summed E-state index contributed by atoms with van der Waals surface area (Å²) in [6, 6.07) is 11.6. The predicted molar refractivity (Wildman–Crippen MR) is 82.3 cm³/mol. The minimum atomic E-state index is 0.782. The molecule has 18 heavy (non-hydrogen) atoms. The lowest BCUT2D eigenvalue weighted by Gasteiger charge is -2.12. The zero-order valence-electron chi connectivity index (χ0n) is 11.4. The third kappa shape index (κ3) is 4.66. The minimum absolute atomic E-state index is 0.782. The Balaban J connectivity index is 1.56. The zero-order valence-corrected chi connectivity index (χ0v) is 12.2. The summed E-state index contributed by atoms with van der Waals surface area (Å²) in [5.74, 6) is 1.27. The zero-order chi connectivity index (χ0) is 12.6. The van der Waals surface area contributed by atoms with E-state index in [0.29, 0.717) is 0 Å². The van der Waals surface area contributed by atoms with Gasteiger partial charge in [-0.05, 0) is 50.0 Å². The van der Waals surface area contributed by atoms with Gasteiger partial charge in [0, 0.05) is 11.3 Å². The Kier molecular flexibility index (Phi) is 6.09. The molecule has 0 saturated heterocycles. The van der Waals surface area contributed by atoms with Gasteiger partial charge in [0.15, 0.2) is 0 Å². The smallest absolute Gasteiger partial charge is 0.00780 e. The largest absolute Gasteiger partial charge is 0.314 e. The van der Waals surface area contributed by atoms with Crippen LogP contribution < -0.4 is 5.32 Å². The van der Waals surface area contributed by atoms with Crippen molar-refractivity contribution in [3.63, 3.8) is 0 Å². The standard InChI is InChI=1S/C16H25NS/c1-2-18-16-11-10-15(13-16)17-12-6-9-14-7-4-3-5-8-14/h3-5,7-8,15-17H,2,6,9-13H2,1H3. The quantitative estimate of drug-likeness (QED) is 0.749. The van der Waals surface area contributed by atoms with E-state index in [4.69, 9.17) is 0 Å². The Labute approximate surface area is 116 Å². The number of benzene rings is 1. The van der Waals surface area contributed by atoms with E-state index >= 15 is 0 Å². The van der Waals surface area contributed by atoms with Gasteiger partial charge in [-0.2, -0.15) is 11.8 Å². The molecule has 2 atom stereocenters. The van der Waals surface area contributed by atoms with E-state index in [-0.39, 0.29) is 0 Å². The second-order valence-corrected chi connectivity index (χ2v) is 6.71. The Hall–Kier alpha value is -0.470. The van der Waals surface area contributed by atoms with Crippen molar-refractivity contribution in [2.45, 2.75) is 50.3 Å². The first-order valence-corrected chi connectivity index (χ1v) is 8.32. The van der Waals surface area contributed by atoms with Crippen LogP contribution in [0, 0.1) is 0 Å². The van der Waals surface area contributed by atoms with Gasteiger partial charge in [0.1, 0.15) is 0 Å². The summed E-state index contributed by atoms with van der Waals surface area (Å²) in [6.45, 7) is 3.44. The van der Waals surface area contributed by atoms with Gasteiger partial charge < -0.3 is 5.32 Å². The molecule has 1 aromatic rings. The molecule has 1 aromatic carbocycles.